The molecule has 0 saturated carbocycles. The Kier molecular flexibility index (Phi) is 4.65. The van der Waals surface area contributed by atoms with Crippen molar-refractivity contribution in [2.45, 2.75) is 6.42 Å². The Morgan fingerprint density at radius 2 is 1.84 bits per heavy atom. The van der Waals surface area contributed by atoms with Gasteiger partial charge in [-0.3, -0.25) is 0 Å². The molecule has 2 aromatic rings. The number of para-hydroxylation sites is 1. The summed E-state index contributed by atoms with van der Waals surface area (Å²) in [5, 5.41) is 0. The largest absolute Gasteiger partial charge is 1.00 e. The van der Waals surface area contributed by atoms with Crippen LogP contribution in [0.4, 0.5) is 0 Å². The van der Waals surface area contributed by atoms with E-state index in [4.69, 9.17) is 8.92 Å². The number of ether oxygens (including phenoxy) is 1. The Hall–Kier alpha value is -0.850. The molecule has 0 aliphatic carbocycles. The van der Waals surface area contributed by atoms with Gasteiger partial charge < -0.3 is 13.5 Å². The maximum Gasteiger partial charge on any atom is 1.00 e. The first-order valence-electron chi connectivity index (χ1n) is 5.39. The molecule has 4 nitrogen and oxygen atoms in total. The average molecular weight is 284 g/mol. The van der Waals surface area contributed by atoms with Crippen LogP contribution in [-0.2, 0) is 17.8 Å². The van der Waals surface area contributed by atoms with Gasteiger partial charge in [0.1, 0.15) is 28.6 Å². The summed E-state index contributed by atoms with van der Waals surface area (Å²) in [5.74, 6) is 1.75. The minimum absolute atomic E-state index is 0. The third-order valence-corrected chi connectivity index (χ3v) is 3.12. The van der Waals surface area contributed by atoms with Crippen LogP contribution in [0.5, 0.6) is 17.2 Å². The van der Waals surface area contributed by atoms with Gasteiger partial charge in [-0.15, -0.1) is 0 Å². The molecule has 92 valence electrons. The second-order valence-electron chi connectivity index (χ2n) is 3.91. The van der Waals surface area contributed by atoms with Crippen molar-refractivity contribution in [1.29, 1.82) is 0 Å². The van der Waals surface area contributed by atoms with Gasteiger partial charge >= 0.3 is 29.6 Å². The molecule has 0 aromatic heterocycles. The van der Waals surface area contributed by atoms with Crippen molar-refractivity contribution in [3.63, 3.8) is 0 Å². The summed E-state index contributed by atoms with van der Waals surface area (Å²) in [6, 6.07) is 12.8. The van der Waals surface area contributed by atoms with E-state index in [1.807, 2.05) is 24.3 Å². The van der Waals surface area contributed by atoms with E-state index >= 15 is 0 Å². The summed E-state index contributed by atoms with van der Waals surface area (Å²) in [4.78, 5) is 0. The molecule has 0 spiro atoms. The molecular weight excluding hydrogens is 275 g/mol. The fraction of sp³-hybridized carbons (Fsp3) is 0.0769. The molecule has 1 unspecified atom stereocenters. The number of hydrogen-bond donors (Lipinski definition) is 0. The summed E-state index contributed by atoms with van der Waals surface area (Å²) in [7, 11) is 0. The molecule has 0 amide bonds. The van der Waals surface area contributed by atoms with Gasteiger partial charge in [0.2, 0.25) is 0 Å². The fourth-order valence-electron chi connectivity index (χ4n) is 2.03. The molecule has 2 aromatic carbocycles. The minimum Gasteiger partial charge on any atom is -0.740 e. The molecule has 1 atom stereocenters. The minimum atomic E-state index is -2.58. The second kappa shape index (κ2) is 6.07. The molecule has 0 N–H and O–H groups in total. The Morgan fingerprint density at radius 3 is 2.63 bits per heavy atom. The first-order chi connectivity index (χ1) is 8.74. The van der Waals surface area contributed by atoms with Crippen molar-refractivity contribution in [2.75, 3.05) is 0 Å². The van der Waals surface area contributed by atoms with Crippen molar-refractivity contribution >= 4 is 11.4 Å². The first-order valence-corrected chi connectivity index (χ1v) is 6.39. The zero-order valence-electron chi connectivity index (χ0n) is 10.3. The monoisotopic (exact) mass is 284 g/mol. The van der Waals surface area contributed by atoms with Gasteiger partial charge in [0.05, 0.1) is 0 Å². The number of hydrogen-bond acceptors (Lipinski definition) is 4. The van der Waals surface area contributed by atoms with Crippen LogP contribution in [0.15, 0.2) is 42.5 Å². The normalized spacial score (nSPS) is 13.3. The van der Waals surface area contributed by atoms with E-state index in [9.17, 15) is 8.76 Å². The molecule has 3 rings (SSSR count). The Morgan fingerprint density at radius 1 is 1.11 bits per heavy atom. The summed E-state index contributed by atoms with van der Waals surface area (Å²) >= 11 is -2.58. The Balaban J connectivity index is 0.00000133. The SMILES string of the molecule is O=S([O-])Oc1cccc2c1Cc1ccccc1O2.[Na+]. The third-order valence-electron chi connectivity index (χ3n) is 2.81. The van der Waals surface area contributed by atoms with Crippen LogP contribution in [0.3, 0.4) is 0 Å². The molecule has 1 heterocycles. The van der Waals surface area contributed by atoms with Crippen LogP contribution < -0.4 is 38.5 Å². The summed E-state index contributed by atoms with van der Waals surface area (Å²) in [6.45, 7) is 0. The molecule has 19 heavy (non-hydrogen) atoms. The number of benzene rings is 2. The van der Waals surface area contributed by atoms with E-state index in [1.165, 1.54) is 0 Å². The first kappa shape index (κ1) is 14.6. The standard InChI is InChI=1S/C13H10O4S.Na/c14-18(15)17-13-7-3-6-12-10(13)8-9-4-1-2-5-11(9)16-12;/h1-7H,8H2,(H,14,15);/q;+1/p-1. The molecule has 0 radical (unpaired) electrons. The van der Waals surface area contributed by atoms with E-state index < -0.39 is 11.4 Å². The number of rotatable bonds is 2. The van der Waals surface area contributed by atoms with Crippen molar-refractivity contribution in [3.8, 4) is 17.2 Å². The fourth-order valence-corrected chi connectivity index (χ4v) is 2.33. The van der Waals surface area contributed by atoms with Crippen molar-refractivity contribution in [1.82, 2.24) is 0 Å². The van der Waals surface area contributed by atoms with Crippen LogP contribution in [-0.4, -0.2) is 8.76 Å². The van der Waals surface area contributed by atoms with Crippen LogP contribution in [0.25, 0.3) is 0 Å². The smallest absolute Gasteiger partial charge is 0.740 e. The second-order valence-corrected chi connectivity index (χ2v) is 4.48. The van der Waals surface area contributed by atoms with E-state index in [1.54, 1.807) is 18.2 Å². The van der Waals surface area contributed by atoms with Gasteiger partial charge in [-0.05, 0) is 23.8 Å². The summed E-state index contributed by atoms with van der Waals surface area (Å²) in [6.07, 6.45) is 0.596. The summed E-state index contributed by atoms with van der Waals surface area (Å²) in [5.41, 5.74) is 1.76. The predicted molar refractivity (Wildman–Crippen MR) is 65.3 cm³/mol. The molecule has 0 saturated heterocycles. The molecular formula is C13H9NaO4S. The molecule has 1 aliphatic heterocycles. The molecule has 0 bridgehead atoms. The van der Waals surface area contributed by atoms with Crippen molar-refractivity contribution in [2.24, 2.45) is 0 Å². The van der Waals surface area contributed by atoms with E-state index in [-0.39, 0.29) is 29.6 Å². The zero-order valence-corrected chi connectivity index (χ0v) is 13.1. The van der Waals surface area contributed by atoms with E-state index in [0.717, 1.165) is 16.9 Å². The van der Waals surface area contributed by atoms with Crippen LogP contribution in [0.2, 0.25) is 0 Å². The molecule has 1 aliphatic rings. The van der Waals surface area contributed by atoms with Gasteiger partial charge in [-0.25, -0.2) is 4.21 Å². The summed E-state index contributed by atoms with van der Waals surface area (Å²) < 4.78 is 31.8. The predicted octanol–water partition coefficient (Wildman–Crippen LogP) is -0.440. The van der Waals surface area contributed by atoms with Gasteiger partial charge in [-0.1, -0.05) is 24.3 Å². The van der Waals surface area contributed by atoms with Gasteiger partial charge in [0, 0.05) is 12.0 Å². The molecule has 0 fully saturated rings. The van der Waals surface area contributed by atoms with Crippen LogP contribution >= 0.6 is 0 Å². The average Bonchev–Trinajstić information content (AvgIpc) is 2.36. The topological polar surface area (TPSA) is 58.6 Å². The Bertz CT molecular complexity index is 630. The van der Waals surface area contributed by atoms with Crippen molar-refractivity contribution < 1.29 is 47.2 Å². The van der Waals surface area contributed by atoms with Crippen LogP contribution in [0, 0.1) is 0 Å². The van der Waals surface area contributed by atoms with E-state index in [0.29, 0.717) is 17.9 Å². The van der Waals surface area contributed by atoms with Crippen molar-refractivity contribution in [3.05, 3.63) is 53.6 Å². The van der Waals surface area contributed by atoms with E-state index in [2.05, 4.69) is 0 Å². The Labute approximate surface area is 135 Å². The molecule has 6 heteroatoms. The third kappa shape index (κ3) is 3.01. The van der Waals surface area contributed by atoms with Gasteiger partial charge in [0.15, 0.2) is 0 Å². The quantitative estimate of drug-likeness (QED) is 0.473. The van der Waals surface area contributed by atoms with Gasteiger partial charge in [-0.2, -0.15) is 0 Å². The van der Waals surface area contributed by atoms with Crippen LogP contribution in [0.1, 0.15) is 11.1 Å². The zero-order chi connectivity index (χ0) is 12.5. The maximum atomic E-state index is 10.6. The maximum absolute atomic E-state index is 10.6. The number of fused-ring (bicyclic) bond motifs is 2. The van der Waals surface area contributed by atoms with Gasteiger partial charge in [0.25, 0.3) is 0 Å².